The van der Waals surface area contributed by atoms with Gasteiger partial charge >= 0.3 is 0 Å². The maximum Gasteiger partial charge on any atom is 0.272 e. The summed E-state index contributed by atoms with van der Waals surface area (Å²) in [5, 5.41) is 0. The summed E-state index contributed by atoms with van der Waals surface area (Å²) in [4.78, 5) is 31.1. The number of aromatic nitrogens is 2. The Kier molecular flexibility index (Phi) is 3.64. The number of rotatable bonds is 3. The number of carbonyl (C=O) groups is 2. The Balaban J connectivity index is 1.65. The Morgan fingerprint density at radius 3 is 3.04 bits per heavy atom. The minimum atomic E-state index is -0.683. The number of nitrogens with two attached hydrogens (primary N) is 1. The van der Waals surface area contributed by atoms with Gasteiger partial charge < -0.3 is 20.1 Å². The molecule has 0 radical (unpaired) electrons. The van der Waals surface area contributed by atoms with Crippen molar-refractivity contribution in [2.45, 2.75) is 6.42 Å². The molecule has 2 amide bonds. The van der Waals surface area contributed by atoms with Gasteiger partial charge in [-0.2, -0.15) is 0 Å². The molecule has 0 spiro atoms. The highest BCUT2D eigenvalue weighted by Gasteiger charge is 2.53. The van der Waals surface area contributed by atoms with E-state index in [2.05, 4.69) is 4.98 Å². The second kappa shape index (κ2) is 5.73. The molecular weight excluding hydrogens is 324 g/mol. The minimum Gasteiger partial charge on any atom is -0.497 e. The van der Waals surface area contributed by atoms with Crippen molar-refractivity contribution in [3.8, 4) is 5.75 Å². The summed E-state index contributed by atoms with van der Waals surface area (Å²) in [6.07, 6.45) is 3.86. The van der Waals surface area contributed by atoms with Crippen LogP contribution in [0.5, 0.6) is 5.75 Å². The van der Waals surface area contributed by atoms with Gasteiger partial charge in [0.1, 0.15) is 17.1 Å². The van der Waals surface area contributed by atoms with E-state index in [-0.39, 0.29) is 17.7 Å². The predicted octanol–water partition coefficient (Wildman–Crippen LogP) is 0.307. The number of imidazole rings is 1. The van der Waals surface area contributed by atoms with Gasteiger partial charge in [-0.05, 0) is 12.5 Å². The molecule has 2 N–H and O–H groups in total. The summed E-state index contributed by atoms with van der Waals surface area (Å²) < 4.78 is 12.4. The molecule has 0 aromatic carbocycles. The standard InChI is InChI=1S/C17H20N4O4/c1-24-12-2-4-21-13(7-19-14(21)6-12)15(22)20-8-11-9-25-5-3-17(11,10-20)16(18)23/h2,4,6-7,11H,3,5,8-10H2,1H3,(H2,18,23)/t11-,17+/m1/s1. The second-order valence-corrected chi connectivity index (χ2v) is 6.67. The van der Waals surface area contributed by atoms with Crippen LogP contribution in [-0.4, -0.2) is 59.5 Å². The third kappa shape index (κ3) is 2.36. The van der Waals surface area contributed by atoms with Crippen LogP contribution >= 0.6 is 0 Å². The van der Waals surface area contributed by atoms with Gasteiger partial charge in [-0.1, -0.05) is 0 Å². The normalized spacial score (nSPS) is 25.8. The largest absolute Gasteiger partial charge is 0.497 e. The fraction of sp³-hybridized carbons (Fsp3) is 0.471. The van der Waals surface area contributed by atoms with E-state index in [1.165, 1.54) is 0 Å². The molecule has 25 heavy (non-hydrogen) atoms. The zero-order valence-corrected chi connectivity index (χ0v) is 14.0. The monoisotopic (exact) mass is 344 g/mol. The maximum atomic E-state index is 13.0. The highest BCUT2D eigenvalue weighted by atomic mass is 16.5. The number of fused-ring (bicyclic) bond motifs is 2. The number of ether oxygens (including phenoxy) is 2. The van der Waals surface area contributed by atoms with E-state index in [1.54, 1.807) is 40.9 Å². The van der Waals surface area contributed by atoms with Crippen LogP contribution in [0.3, 0.4) is 0 Å². The van der Waals surface area contributed by atoms with Gasteiger partial charge in [-0.25, -0.2) is 4.98 Å². The lowest BCUT2D eigenvalue weighted by Gasteiger charge is -2.34. The van der Waals surface area contributed by atoms with Crippen molar-refractivity contribution in [3.05, 3.63) is 30.2 Å². The predicted molar refractivity (Wildman–Crippen MR) is 88.2 cm³/mol. The summed E-state index contributed by atoms with van der Waals surface area (Å²) >= 11 is 0. The highest BCUT2D eigenvalue weighted by Crippen LogP contribution is 2.42. The molecule has 2 aliphatic rings. The van der Waals surface area contributed by atoms with Gasteiger partial charge in [0.2, 0.25) is 5.91 Å². The van der Waals surface area contributed by atoms with Crippen LogP contribution in [-0.2, 0) is 9.53 Å². The first-order chi connectivity index (χ1) is 12.0. The lowest BCUT2D eigenvalue weighted by atomic mass is 9.74. The van der Waals surface area contributed by atoms with Crippen LogP contribution in [0.15, 0.2) is 24.5 Å². The van der Waals surface area contributed by atoms with Crippen LogP contribution in [0.25, 0.3) is 5.65 Å². The Morgan fingerprint density at radius 1 is 1.48 bits per heavy atom. The van der Waals surface area contributed by atoms with Crippen LogP contribution in [0, 0.1) is 11.3 Å². The summed E-state index contributed by atoms with van der Waals surface area (Å²) in [6.45, 7) is 1.75. The van der Waals surface area contributed by atoms with E-state index >= 15 is 0 Å². The summed E-state index contributed by atoms with van der Waals surface area (Å²) in [6, 6.07) is 3.53. The van der Waals surface area contributed by atoms with Crippen molar-refractivity contribution in [2.75, 3.05) is 33.4 Å². The van der Waals surface area contributed by atoms with Crippen molar-refractivity contribution in [1.82, 2.24) is 14.3 Å². The number of carbonyl (C=O) groups excluding carboxylic acids is 2. The van der Waals surface area contributed by atoms with Crippen molar-refractivity contribution in [3.63, 3.8) is 0 Å². The molecular formula is C17H20N4O4. The van der Waals surface area contributed by atoms with Crippen LogP contribution in [0.1, 0.15) is 16.9 Å². The molecule has 0 aliphatic carbocycles. The fourth-order valence-electron chi connectivity index (χ4n) is 3.92. The molecule has 0 bridgehead atoms. The molecule has 4 rings (SSSR count). The Morgan fingerprint density at radius 2 is 2.32 bits per heavy atom. The van der Waals surface area contributed by atoms with Crippen molar-refractivity contribution >= 4 is 17.5 Å². The van der Waals surface area contributed by atoms with Crippen LogP contribution < -0.4 is 10.5 Å². The second-order valence-electron chi connectivity index (χ2n) is 6.67. The first kappa shape index (κ1) is 15.9. The quantitative estimate of drug-likeness (QED) is 0.864. The Hall–Kier alpha value is -2.61. The number of nitrogens with zero attached hydrogens (tertiary/aromatic N) is 3. The summed E-state index contributed by atoms with van der Waals surface area (Å²) in [5.74, 6) is 0.114. The van der Waals surface area contributed by atoms with Gasteiger partial charge in [-0.3, -0.25) is 14.0 Å². The van der Waals surface area contributed by atoms with E-state index in [4.69, 9.17) is 15.2 Å². The fourth-order valence-corrected chi connectivity index (χ4v) is 3.92. The molecule has 8 heteroatoms. The molecule has 2 atom stereocenters. The van der Waals surface area contributed by atoms with E-state index in [0.717, 1.165) is 0 Å². The third-order valence-corrected chi connectivity index (χ3v) is 5.42. The molecule has 8 nitrogen and oxygen atoms in total. The zero-order valence-electron chi connectivity index (χ0n) is 14.0. The maximum absolute atomic E-state index is 13.0. The third-order valence-electron chi connectivity index (χ3n) is 5.42. The zero-order chi connectivity index (χ0) is 17.6. The van der Waals surface area contributed by atoms with Gasteiger partial charge in [0, 0.05) is 37.9 Å². The topological polar surface area (TPSA) is 99.2 Å². The highest BCUT2D eigenvalue weighted by molar-refractivity contribution is 5.94. The molecule has 132 valence electrons. The van der Waals surface area contributed by atoms with Crippen molar-refractivity contribution < 1.29 is 19.1 Å². The minimum absolute atomic E-state index is 0.0537. The number of likely N-dealkylation sites (tertiary alicyclic amines) is 1. The number of hydrogen-bond acceptors (Lipinski definition) is 5. The lowest BCUT2D eigenvalue weighted by Crippen LogP contribution is -2.48. The molecule has 2 aromatic heterocycles. The number of pyridine rings is 1. The number of amides is 2. The Bertz CT molecular complexity index is 848. The molecule has 2 saturated heterocycles. The van der Waals surface area contributed by atoms with Crippen LogP contribution in [0.4, 0.5) is 0 Å². The van der Waals surface area contributed by atoms with E-state index < -0.39 is 5.41 Å². The van der Waals surface area contributed by atoms with E-state index in [9.17, 15) is 9.59 Å². The average Bonchev–Trinajstić information content (AvgIpc) is 3.22. The Labute approximate surface area is 144 Å². The molecule has 0 unspecified atom stereocenters. The smallest absolute Gasteiger partial charge is 0.272 e. The number of primary amides is 1. The van der Waals surface area contributed by atoms with Gasteiger partial charge in [0.25, 0.3) is 5.91 Å². The molecule has 0 saturated carbocycles. The first-order valence-corrected chi connectivity index (χ1v) is 8.23. The van der Waals surface area contributed by atoms with Gasteiger partial charge in [0.15, 0.2) is 0 Å². The number of methoxy groups -OCH3 is 1. The SMILES string of the molecule is COc1ccn2c(C(=O)N3C[C@@H]4COCC[C@]4(C(N)=O)C3)cnc2c1. The summed E-state index contributed by atoms with van der Waals surface area (Å²) in [5.41, 5.74) is 6.09. The molecule has 2 aromatic rings. The molecule has 2 fully saturated rings. The van der Waals surface area contributed by atoms with Gasteiger partial charge in [-0.15, -0.1) is 0 Å². The van der Waals surface area contributed by atoms with E-state index in [0.29, 0.717) is 49.8 Å². The lowest BCUT2D eigenvalue weighted by molar-refractivity contribution is -0.135. The number of hydrogen-bond donors (Lipinski definition) is 1. The van der Waals surface area contributed by atoms with Crippen LogP contribution in [0.2, 0.25) is 0 Å². The van der Waals surface area contributed by atoms with Gasteiger partial charge in [0.05, 0.1) is 25.3 Å². The van der Waals surface area contributed by atoms with Crippen molar-refractivity contribution in [1.29, 1.82) is 0 Å². The van der Waals surface area contributed by atoms with E-state index in [1.807, 2.05) is 0 Å². The first-order valence-electron chi connectivity index (χ1n) is 8.23. The average molecular weight is 344 g/mol. The molecule has 2 aliphatic heterocycles. The summed E-state index contributed by atoms with van der Waals surface area (Å²) in [7, 11) is 1.58. The van der Waals surface area contributed by atoms with Crippen molar-refractivity contribution in [2.24, 2.45) is 17.1 Å². The molecule has 4 heterocycles.